The molecule has 2 heterocycles. The molecule has 198 valence electrons. The van der Waals surface area contributed by atoms with Crippen molar-refractivity contribution < 1.29 is 13.9 Å². The van der Waals surface area contributed by atoms with E-state index in [-0.39, 0.29) is 5.56 Å². The zero-order valence-corrected chi connectivity index (χ0v) is 24.3. The lowest BCUT2D eigenvalue weighted by atomic mass is 10.2. The third kappa shape index (κ3) is 4.94. The van der Waals surface area contributed by atoms with E-state index in [0.29, 0.717) is 60.7 Å². The minimum atomic E-state index is -0.317. The van der Waals surface area contributed by atoms with Crippen molar-refractivity contribution in [3.8, 4) is 23.1 Å². The van der Waals surface area contributed by atoms with Crippen molar-refractivity contribution in [1.29, 1.82) is 0 Å². The Morgan fingerprint density at radius 1 is 0.950 bits per heavy atom. The van der Waals surface area contributed by atoms with Gasteiger partial charge in [-0.3, -0.25) is 4.79 Å². The molecule has 0 radical (unpaired) electrons. The zero-order valence-electron chi connectivity index (χ0n) is 21.2. The molecule has 6 aromatic rings. The van der Waals surface area contributed by atoms with Gasteiger partial charge in [0.25, 0.3) is 5.56 Å². The Morgan fingerprint density at radius 2 is 1.70 bits per heavy atom. The average molecular weight is 659 g/mol. The Labute approximate surface area is 245 Å². The molecule has 0 amide bonds. The number of aromatic nitrogens is 2. The van der Waals surface area contributed by atoms with Crippen LogP contribution in [0.5, 0.6) is 11.5 Å². The second-order valence-electron chi connectivity index (χ2n) is 8.86. The third-order valence-electron chi connectivity index (χ3n) is 6.31. The Bertz CT molecular complexity index is 1920. The predicted molar refractivity (Wildman–Crippen MR) is 163 cm³/mol. The van der Waals surface area contributed by atoms with Gasteiger partial charge < -0.3 is 13.9 Å². The number of hydrogen-bond donors (Lipinski definition) is 0. The minimum Gasteiger partial charge on any atom is -0.493 e. The number of benzene rings is 4. The highest BCUT2D eigenvalue weighted by atomic mass is 79.9. The molecule has 0 N–H and O–H groups in total. The van der Waals surface area contributed by atoms with Gasteiger partial charge in [0.05, 0.1) is 28.7 Å². The monoisotopic (exact) mass is 657 g/mol. The van der Waals surface area contributed by atoms with Gasteiger partial charge in [-0.05, 0) is 67.8 Å². The van der Waals surface area contributed by atoms with Crippen LogP contribution in [0.25, 0.3) is 33.5 Å². The quantitative estimate of drug-likeness (QED) is 0.164. The lowest BCUT2D eigenvalue weighted by Gasteiger charge is -2.15. The number of nitrogens with zero attached hydrogens (tertiary/aromatic N) is 3. The van der Waals surface area contributed by atoms with Crippen LogP contribution in [0.1, 0.15) is 11.1 Å². The third-order valence-corrected chi connectivity index (χ3v) is 8.46. The maximum Gasteiger partial charge on any atom is 0.282 e. The minimum absolute atomic E-state index is 0.293. The average Bonchev–Trinajstić information content (AvgIpc) is 3.43. The first kappa shape index (κ1) is 26.0. The van der Waals surface area contributed by atoms with Gasteiger partial charge in [-0.25, -0.2) is 4.98 Å². The van der Waals surface area contributed by atoms with E-state index >= 15 is 0 Å². The summed E-state index contributed by atoms with van der Waals surface area (Å²) >= 11 is 7.27. The molecular weight excluding hydrogens is 638 g/mol. The second-order valence-corrected chi connectivity index (χ2v) is 10.4. The van der Waals surface area contributed by atoms with Crippen LogP contribution in [0.4, 0.5) is 0 Å². The maximum absolute atomic E-state index is 13.6. The van der Waals surface area contributed by atoms with E-state index in [2.05, 4.69) is 37.0 Å². The number of rotatable bonds is 7. The van der Waals surface area contributed by atoms with Crippen LogP contribution in [0.15, 0.2) is 114 Å². The number of ether oxygens (including phenoxy) is 2. The molecule has 0 aliphatic heterocycles. The van der Waals surface area contributed by atoms with E-state index in [0.717, 1.165) is 10.9 Å². The molecule has 0 unspecified atom stereocenters. The van der Waals surface area contributed by atoms with Crippen molar-refractivity contribution in [2.24, 2.45) is 5.10 Å². The van der Waals surface area contributed by atoms with Crippen LogP contribution < -0.4 is 15.0 Å². The molecule has 0 saturated heterocycles. The Kier molecular flexibility index (Phi) is 7.23. The molecule has 0 aliphatic rings. The van der Waals surface area contributed by atoms with E-state index in [9.17, 15) is 4.79 Å². The van der Waals surface area contributed by atoms with Crippen LogP contribution in [-0.2, 0) is 6.61 Å². The molecular formula is C31H21Br2N3O4. The van der Waals surface area contributed by atoms with Gasteiger partial charge in [0.1, 0.15) is 12.2 Å². The first-order chi connectivity index (χ1) is 19.5. The predicted octanol–water partition coefficient (Wildman–Crippen LogP) is 7.80. The maximum atomic E-state index is 13.6. The molecule has 0 bridgehead atoms. The lowest BCUT2D eigenvalue weighted by Crippen LogP contribution is -2.20. The first-order valence-electron chi connectivity index (χ1n) is 12.3. The van der Waals surface area contributed by atoms with Crippen LogP contribution in [0, 0.1) is 0 Å². The Hall–Kier alpha value is -4.21. The standard InChI is InChI=1S/C31H21Br2N3O4/c1-38-25-16-21(27(32)28(33)29(25)39-18-19-9-3-2-4-10-19)17-34-36-30(26-15-20-11-5-8-14-24(20)40-26)35-23-13-7-6-12-22(23)31(36)37/h2-17H,18H2,1H3. The van der Waals surface area contributed by atoms with Gasteiger partial charge >= 0.3 is 0 Å². The lowest BCUT2D eigenvalue weighted by molar-refractivity contribution is 0.282. The Morgan fingerprint density at radius 3 is 2.50 bits per heavy atom. The number of hydrogen-bond acceptors (Lipinski definition) is 6. The Balaban J connectivity index is 1.44. The highest BCUT2D eigenvalue weighted by Crippen LogP contribution is 2.42. The summed E-state index contributed by atoms with van der Waals surface area (Å²) in [6.45, 7) is 0.370. The fourth-order valence-corrected chi connectivity index (χ4v) is 5.25. The van der Waals surface area contributed by atoms with Crippen LogP contribution in [-0.4, -0.2) is 23.0 Å². The fraction of sp³-hybridized carbons (Fsp3) is 0.0645. The number of furan rings is 1. The van der Waals surface area contributed by atoms with Gasteiger partial charge in [0.15, 0.2) is 17.3 Å². The summed E-state index contributed by atoms with van der Waals surface area (Å²) in [4.78, 5) is 18.4. The van der Waals surface area contributed by atoms with Crippen LogP contribution >= 0.6 is 31.9 Å². The smallest absolute Gasteiger partial charge is 0.282 e. The summed E-state index contributed by atoms with van der Waals surface area (Å²) < 4.78 is 20.4. The molecule has 9 heteroatoms. The van der Waals surface area contributed by atoms with Crippen molar-refractivity contribution in [2.75, 3.05) is 7.11 Å². The number of methoxy groups -OCH3 is 1. The first-order valence-corrected chi connectivity index (χ1v) is 13.9. The number of para-hydroxylation sites is 2. The summed E-state index contributed by atoms with van der Waals surface area (Å²) in [5.74, 6) is 1.78. The molecule has 0 spiro atoms. The largest absolute Gasteiger partial charge is 0.493 e. The summed E-state index contributed by atoms with van der Waals surface area (Å²) in [5.41, 5.74) is 2.62. The normalized spacial score (nSPS) is 11.5. The van der Waals surface area contributed by atoms with Crippen molar-refractivity contribution in [3.05, 3.63) is 121 Å². The van der Waals surface area contributed by atoms with Crippen LogP contribution in [0.2, 0.25) is 0 Å². The van der Waals surface area contributed by atoms with Crippen LogP contribution in [0.3, 0.4) is 0 Å². The molecule has 40 heavy (non-hydrogen) atoms. The summed E-state index contributed by atoms with van der Waals surface area (Å²) in [6, 6.07) is 28.3. The fourth-order valence-electron chi connectivity index (χ4n) is 4.32. The molecule has 2 aromatic heterocycles. The zero-order chi connectivity index (χ0) is 27.6. The van der Waals surface area contributed by atoms with E-state index in [1.165, 1.54) is 4.68 Å². The number of halogens is 2. The highest BCUT2D eigenvalue weighted by molar-refractivity contribution is 9.13. The molecule has 6 rings (SSSR count). The van der Waals surface area contributed by atoms with Gasteiger partial charge in [0.2, 0.25) is 5.82 Å². The van der Waals surface area contributed by atoms with E-state index < -0.39 is 0 Å². The van der Waals surface area contributed by atoms with Gasteiger partial charge in [-0.1, -0.05) is 60.7 Å². The summed E-state index contributed by atoms with van der Waals surface area (Å²) in [7, 11) is 1.57. The second kappa shape index (κ2) is 11.1. The van der Waals surface area contributed by atoms with E-state index in [1.54, 1.807) is 37.6 Å². The van der Waals surface area contributed by atoms with Gasteiger partial charge in [0, 0.05) is 15.4 Å². The van der Waals surface area contributed by atoms with Gasteiger partial charge in [-0.15, -0.1) is 0 Å². The van der Waals surface area contributed by atoms with E-state index in [4.69, 9.17) is 18.9 Å². The summed E-state index contributed by atoms with van der Waals surface area (Å²) in [5, 5.41) is 5.93. The number of fused-ring (bicyclic) bond motifs is 2. The van der Waals surface area contributed by atoms with Crippen molar-refractivity contribution in [1.82, 2.24) is 9.66 Å². The highest BCUT2D eigenvalue weighted by Gasteiger charge is 2.19. The molecule has 0 fully saturated rings. The molecule has 0 atom stereocenters. The van der Waals surface area contributed by atoms with Crippen molar-refractivity contribution in [2.45, 2.75) is 6.61 Å². The van der Waals surface area contributed by atoms with Crippen molar-refractivity contribution >= 4 is 59.9 Å². The van der Waals surface area contributed by atoms with E-state index in [1.807, 2.05) is 66.7 Å². The molecule has 7 nitrogen and oxygen atoms in total. The molecule has 0 aliphatic carbocycles. The topological polar surface area (TPSA) is 78.9 Å². The van der Waals surface area contributed by atoms with Gasteiger partial charge in [-0.2, -0.15) is 9.78 Å². The van der Waals surface area contributed by atoms with Crippen molar-refractivity contribution in [3.63, 3.8) is 0 Å². The SMILES string of the molecule is COc1cc(C=Nn2c(-c3cc4ccccc4o3)nc3ccccc3c2=O)c(Br)c(Br)c1OCc1ccccc1. The molecule has 4 aromatic carbocycles. The molecule has 0 saturated carbocycles. The summed E-state index contributed by atoms with van der Waals surface area (Å²) in [6.07, 6.45) is 1.57.